The van der Waals surface area contributed by atoms with Gasteiger partial charge in [0.1, 0.15) is 5.65 Å². The first-order valence-electron chi connectivity index (χ1n) is 5.05. The van der Waals surface area contributed by atoms with Gasteiger partial charge >= 0.3 is 0 Å². The van der Waals surface area contributed by atoms with Gasteiger partial charge in [-0.3, -0.25) is 4.40 Å². The molecule has 0 aliphatic rings. The molecule has 0 atom stereocenters. The van der Waals surface area contributed by atoms with Gasteiger partial charge in [0, 0.05) is 10.7 Å². The fourth-order valence-electron chi connectivity index (χ4n) is 1.70. The number of fused-ring (bicyclic) bond motifs is 1. The number of pyridine rings is 1. The lowest BCUT2D eigenvalue weighted by atomic mass is 10.3. The van der Waals surface area contributed by atoms with Gasteiger partial charge in [0.2, 0.25) is 0 Å². The maximum atomic E-state index is 4.41. The lowest BCUT2D eigenvalue weighted by molar-refractivity contribution is 1.18. The second-order valence-corrected chi connectivity index (χ2v) is 6.65. The topological polar surface area (TPSA) is 17.3 Å². The summed E-state index contributed by atoms with van der Waals surface area (Å²) in [6, 6.07) is 8.33. The van der Waals surface area contributed by atoms with Crippen molar-refractivity contribution < 1.29 is 0 Å². The van der Waals surface area contributed by atoms with Crippen molar-refractivity contribution in [3.8, 4) is 10.6 Å². The molecular formula is C12H9BrN2S2. The van der Waals surface area contributed by atoms with Crippen LogP contribution in [0.25, 0.3) is 16.2 Å². The smallest absolute Gasteiger partial charge is 0.137 e. The Morgan fingerprint density at radius 1 is 1.29 bits per heavy atom. The Morgan fingerprint density at radius 3 is 2.94 bits per heavy atom. The summed E-state index contributed by atoms with van der Waals surface area (Å²) in [7, 11) is 0. The minimum Gasteiger partial charge on any atom is -0.298 e. The van der Waals surface area contributed by atoms with Crippen molar-refractivity contribution >= 4 is 44.7 Å². The van der Waals surface area contributed by atoms with Gasteiger partial charge in [-0.15, -0.1) is 23.1 Å². The van der Waals surface area contributed by atoms with Gasteiger partial charge in [-0.25, -0.2) is 4.98 Å². The van der Waals surface area contributed by atoms with Gasteiger partial charge in [-0.2, -0.15) is 0 Å². The predicted octanol–water partition coefficient (Wildman–Crippen LogP) is 4.55. The molecule has 3 aromatic rings. The molecule has 17 heavy (non-hydrogen) atoms. The van der Waals surface area contributed by atoms with E-state index in [9.17, 15) is 0 Å². The summed E-state index contributed by atoms with van der Waals surface area (Å²) in [5.41, 5.74) is 2.12. The molecule has 0 saturated heterocycles. The van der Waals surface area contributed by atoms with Crippen molar-refractivity contribution in [2.45, 2.75) is 4.21 Å². The highest BCUT2D eigenvalue weighted by Gasteiger charge is 2.08. The summed E-state index contributed by atoms with van der Waals surface area (Å²) in [5.74, 6) is 0. The van der Waals surface area contributed by atoms with E-state index >= 15 is 0 Å². The van der Waals surface area contributed by atoms with E-state index in [1.165, 1.54) is 9.09 Å². The number of thiophene rings is 1. The van der Waals surface area contributed by atoms with Gasteiger partial charge in [-0.05, 0) is 46.5 Å². The average Bonchev–Trinajstić information content (AvgIpc) is 2.93. The molecule has 3 aromatic heterocycles. The molecule has 0 aliphatic heterocycles. The number of hydrogen-bond donors (Lipinski definition) is 0. The van der Waals surface area contributed by atoms with Crippen LogP contribution in [0.1, 0.15) is 0 Å². The zero-order chi connectivity index (χ0) is 11.8. The van der Waals surface area contributed by atoms with E-state index in [4.69, 9.17) is 0 Å². The number of nitrogens with zero attached hydrogens (tertiary/aromatic N) is 2. The van der Waals surface area contributed by atoms with E-state index in [2.05, 4.69) is 49.9 Å². The van der Waals surface area contributed by atoms with Gasteiger partial charge in [0.15, 0.2) is 0 Å². The first-order chi connectivity index (χ1) is 8.28. The molecule has 0 bridgehead atoms. The molecule has 0 spiro atoms. The number of aromatic nitrogens is 2. The predicted molar refractivity (Wildman–Crippen MR) is 78.0 cm³/mol. The van der Waals surface area contributed by atoms with Gasteiger partial charge in [0.05, 0.1) is 21.0 Å². The van der Waals surface area contributed by atoms with Crippen LogP contribution in [0.3, 0.4) is 0 Å². The molecule has 0 aromatic carbocycles. The molecule has 0 radical (unpaired) electrons. The molecule has 86 valence electrons. The molecule has 3 heterocycles. The molecule has 0 N–H and O–H groups in total. The van der Waals surface area contributed by atoms with Crippen LogP contribution in [0.15, 0.2) is 45.3 Å². The molecular weight excluding hydrogens is 316 g/mol. The third kappa shape index (κ3) is 2.03. The Hall–Kier alpha value is -0.780. The van der Waals surface area contributed by atoms with E-state index in [1.807, 2.05) is 18.3 Å². The van der Waals surface area contributed by atoms with Crippen LogP contribution in [-0.2, 0) is 0 Å². The van der Waals surface area contributed by atoms with E-state index in [0.29, 0.717) is 0 Å². The van der Waals surface area contributed by atoms with Crippen molar-refractivity contribution in [1.82, 2.24) is 9.38 Å². The molecule has 5 heteroatoms. The minimum absolute atomic E-state index is 0.974. The van der Waals surface area contributed by atoms with Crippen molar-refractivity contribution in [2.24, 2.45) is 0 Å². The monoisotopic (exact) mass is 324 g/mol. The van der Waals surface area contributed by atoms with Crippen LogP contribution in [0.5, 0.6) is 0 Å². The van der Waals surface area contributed by atoms with Crippen LogP contribution < -0.4 is 0 Å². The fourth-order valence-corrected chi connectivity index (χ4v) is 3.59. The maximum absolute atomic E-state index is 4.41. The molecule has 0 amide bonds. The molecule has 0 saturated carbocycles. The summed E-state index contributed by atoms with van der Waals surface area (Å²) in [6.07, 6.45) is 6.08. The Balaban J connectivity index is 2.19. The third-order valence-corrected chi connectivity index (χ3v) is 5.16. The van der Waals surface area contributed by atoms with Crippen LogP contribution in [-0.4, -0.2) is 15.6 Å². The average molecular weight is 325 g/mol. The summed E-state index contributed by atoms with van der Waals surface area (Å²) in [4.78, 5) is 5.66. The Morgan fingerprint density at radius 2 is 2.18 bits per heavy atom. The lowest BCUT2D eigenvalue weighted by Crippen LogP contribution is -1.85. The van der Waals surface area contributed by atoms with Crippen molar-refractivity contribution in [3.63, 3.8) is 0 Å². The number of thioether (sulfide) groups is 1. The SMILES string of the molecule is CSc1ccc(-c2cnc3ccc(Br)cn23)s1. The van der Waals surface area contributed by atoms with Crippen molar-refractivity contribution in [3.05, 3.63) is 41.1 Å². The van der Waals surface area contributed by atoms with Crippen LogP contribution >= 0.6 is 39.0 Å². The van der Waals surface area contributed by atoms with Gasteiger partial charge in [0.25, 0.3) is 0 Å². The highest BCUT2D eigenvalue weighted by Crippen LogP contribution is 2.33. The van der Waals surface area contributed by atoms with Crippen molar-refractivity contribution in [2.75, 3.05) is 6.26 Å². The number of halogens is 1. The number of rotatable bonds is 2. The normalized spacial score (nSPS) is 11.2. The second kappa shape index (κ2) is 4.48. The summed E-state index contributed by atoms with van der Waals surface area (Å²) in [5, 5.41) is 0. The van der Waals surface area contributed by atoms with Crippen LogP contribution in [0.4, 0.5) is 0 Å². The highest BCUT2D eigenvalue weighted by molar-refractivity contribution is 9.10. The first kappa shape index (κ1) is 11.3. The van der Waals surface area contributed by atoms with Crippen molar-refractivity contribution in [1.29, 1.82) is 0 Å². The van der Waals surface area contributed by atoms with Crippen LogP contribution in [0, 0.1) is 0 Å². The molecule has 2 nitrogen and oxygen atoms in total. The van der Waals surface area contributed by atoms with Gasteiger partial charge < -0.3 is 0 Å². The highest BCUT2D eigenvalue weighted by atomic mass is 79.9. The Labute approximate surface area is 116 Å². The quantitative estimate of drug-likeness (QED) is 0.643. The summed E-state index contributed by atoms with van der Waals surface area (Å²) >= 11 is 7.07. The number of hydrogen-bond acceptors (Lipinski definition) is 3. The second-order valence-electron chi connectivity index (χ2n) is 3.54. The molecule has 0 aliphatic carbocycles. The zero-order valence-electron chi connectivity index (χ0n) is 9.05. The zero-order valence-corrected chi connectivity index (χ0v) is 12.3. The summed E-state index contributed by atoms with van der Waals surface area (Å²) < 4.78 is 4.50. The van der Waals surface area contributed by atoms with E-state index in [-0.39, 0.29) is 0 Å². The molecule has 3 rings (SSSR count). The Kier molecular flexibility index (Phi) is 2.98. The van der Waals surface area contributed by atoms with E-state index in [0.717, 1.165) is 15.8 Å². The molecule has 0 unspecified atom stereocenters. The largest absolute Gasteiger partial charge is 0.298 e. The van der Waals surface area contributed by atoms with Crippen LogP contribution in [0.2, 0.25) is 0 Å². The summed E-state index contributed by atoms with van der Waals surface area (Å²) in [6.45, 7) is 0. The van der Waals surface area contributed by atoms with Gasteiger partial charge in [-0.1, -0.05) is 0 Å². The maximum Gasteiger partial charge on any atom is 0.137 e. The minimum atomic E-state index is 0.974. The standard InChI is InChI=1S/C12H9BrN2S2/c1-16-12-5-3-10(17-12)9-6-14-11-4-2-8(13)7-15(9)11/h2-7H,1H3. The lowest BCUT2D eigenvalue weighted by Gasteiger charge is -1.99. The molecule has 0 fully saturated rings. The fraction of sp³-hybridized carbons (Fsp3) is 0.0833. The first-order valence-corrected chi connectivity index (χ1v) is 7.88. The third-order valence-electron chi connectivity index (χ3n) is 2.50. The van der Waals surface area contributed by atoms with E-state index < -0.39 is 0 Å². The number of imidazole rings is 1. The Bertz CT molecular complexity index is 672. The van der Waals surface area contributed by atoms with E-state index in [1.54, 1.807) is 23.1 Å².